The first-order valence-electron chi connectivity index (χ1n) is 17.1. The molecule has 280 valence electrons. The first-order chi connectivity index (χ1) is 23.0. The van der Waals surface area contributed by atoms with Gasteiger partial charge in [-0.1, -0.05) is 33.8 Å². The summed E-state index contributed by atoms with van der Waals surface area (Å²) >= 11 is 0. The number of carbonyl (C=O) groups is 3. The van der Waals surface area contributed by atoms with E-state index in [1.165, 1.54) is 0 Å². The number of nitrogens with zero attached hydrogens (tertiary/aromatic N) is 1. The lowest BCUT2D eigenvalue weighted by Crippen LogP contribution is -2.48. The van der Waals surface area contributed by atoms with Gasteiger partial charge in [0.15, 0.2) is 11.5 Å². The molecule has 0 bridgehead atoms. The number of aliphatic hydroxyl groups is 1. The Hall–Kier alpha value is -3.65. The van der Waals surface area contributed by atoms with E-state index in [1.807, 2.05) is 32.0 Å². The van der Waals surface area contributed by atoms with Crippen molar-refractivity contribution in [2.24, 2.45) is 34.8 Å². The molecule has 0 aromatic heterocycles. The third-order valence-electron chi connectivity index (χ3n) is 8.79. The molecule has 1 aromatic rings. The molecule has 14 nitrogen and oxygen atoms in total. The average Bonchev–Trinajstić information content (AvgIpc) is 3.03. The van der Waals surface area contributed by atoms with Crippen molar-refractivity contribution in [1.29, 1.82) is 0 Å². The van der Waals surface area contributed by atoms with Crippen LogP contribution in [0.15, 0.2) is 18.2 Å². The molecule has 4 unspecified atom stereocenters. The van der Waals surface area contributed by atoms with Crippen LogP contribution in [-0.2, 0) is 30.4 Å². The Balaban J connectivity index is 3.22. The van der Waals surface area contributed by atoms with Crippen LogP contribution in [0, 0.1) is 39.2 Å². The first kappa shape index (κ1) is 43.4. The van der Waals surface area contributed by atoms with Gasteiger partial charge in [-0.05, 0) is 81.4 Å². The number of amides is 3. The van der Waals surface area contributed by atoms with E-state index in [0.717, 1.165) is 12.0 Å². The molecule has 1 rings (SSSR count). The van der Waals surface area contributed by atoms with Crippen molar-refractivity contribution in [3.05, 3.63) is 33.9 Å². The molecular weight excluding hydrogens is 636 g/mol. The first-order valence-corrected chi connectivity index (χ1v) is 17.1. The van der Waals surface area contributed by atoms with Gasteiger partial charge < -0.3 is 40.5 Å². The van der Waals surface area contributed by atoms with Gasteiger partial charge >= 0.3 is 0 Å². The number of hydrogen-bond acceptors (Lipinski definition) is 10. The summed E-state index contributed by atoms with van der Waals surface area (Å²) in [6.07, 6.45) is 1.56. The fourth-order valence-corrected chi connectivity index (χ4v) is 5.32. The molecule has 49 heavy (non-hydrogen) atoms. The lowest BCUT2D eigenvalue weighted by molar-refractivity contribution is -0.757. The van der Waals surface area contributed by atoms with Crippen molar-refractivity contribution in [1.82, 2.24) is 10.6 Å². The Morgan fingerprint density at radius 3 is 2.24 bits per heavy atom. The molecule has 1 aromatic carbocycles. The normalized spacial score (nSPS) is 14.1. The van der Waals surface area contributed by atoms with Crippen LogP contribution in [0.3, 0.4) is 0 Å². The van der Waals surface area contributed by atoms with Crippen molar-refractivity contribution in [3.8, 4) is 11.5 Å². The molecule has 0 heterocycles. The summed E-state index contributed by atoms with van der Waals surface area (Å²) in [5.74, 6) is -0.485. The smallest absolute Gasteiger partial charge is 0.294 e. The van der Waals surface area contributed by atoms with Gasteiger partial charge in [0, 0.05) is 39.0 Å². The zero-order chi connectivity index (χ0) is 37.1. The van der Waals surface area contributed by atoms with Crippen LogP contribution in [0.2, 0.25) is 0 Å². The fourth-order valence-electron chi connectivity index (χ4n) is 5.32. The van der Waals surface area contributed by atoms with Crippen molar-refractivity contribution in [2.75, 3.05) is 40.6 Å². The molecule has 3 amide bonds. The van der Waals surface area contributed by atoms with Gasteiger partial charge in [-0.3, -0.25) is 14.4 Å². The van der Waals surface area contributed by atoms with Crippen LogP contribution in [0.5, 0.6) is 11.5 Å². The highest BCUT2D eigenvalue weighted by atomic mass is 16.9. The number of hydrogen-bond donors (Lipinski definition) is 4. The highest BCUT2D eigenvalue weighted by molar-refractivity contribution is 5.83. The number of aliphatic hydroxyl groups excluding tert-OH is 1. The second-order valence-electron chi connectivity index (χ2n) is 13.9. The van der Waals surface area contributed by atoms with Crippen molar-refractivity contribution in [3.63, 3.8) is 0 Å². The summed E-state index contributed by atoms with van der Waals surface area (Å²) in [7, 11) is 3.22. The Bertz CT molecular complexity index is 1180. The van der Waals surface area contributed by atoms with Crippen LogP contribution in [-0.4, -0.2) is 80.6 Å². The Kier molecular flexibility index (Phi) is 19.6. The number of benzene rings is 1. The molecule has 14 heteroatoms. The van der Waals surface area contributed by atoms with Crippen LogP contribution in [0.25, 0.3) is 0 Å². The topological polar surface area (TPSA) is 202 Å². The van der Waals surface area contributed by atoms with Gasteiger partial charge in [-0.2, -0.15) is 0 Å². The number of nitrogens with one attached hydrogen (secondary N) is 2. The summed E-state index contributed by atoms with van der Waals surface area (Å²) in [6, 6.07) is 5.10. The lowest BCUT2D eigenvalue weighted by Gasteiger charge is -2.33. The minimum absolute atomic E-state index is 0.0193. The van der Waals surface area contributed by atoms with Crippen LogP contribution < -0.4 is 25.8 Å². The molecule has 0 saturated heterocycles. The van der Waals surface area contributed by atoms with Gasteiger partial charge in [-0.25, -0.2) is 0 Å². The number of primary amides is 1. The zero-order valence-corrected chi connectivity index (χ0v) is 30.6. The Labute approximate surface area is 291 Å². The Morgan fingerprint density at radius 2 is 1.67 bits per heavy atom. The Morgan fingerprint density at radius 1 is 0.980 bits per heavy atom. The van der Waals surface area contributed by atoms with E-state index < -0.39 is 34.5 Å². The lowest BCUT2D eigenvalue weighted by atomic mass is 9.80. The number of rotatable bonds is 26. The van der Waals surface area contributed by atoms with E-state index >= 15 is 0 Å². The van der Waals surface area contributed by atoms with Gasteiger partial charge in [-0.15, -0.1) is 10.1 Å². The number of ether oxygens (including phenoxy) is 3. The summed E-state index contributed by atoms with van der Waals surface area (Å²) in [5, 5.41) is 27.0. The number of nitrogens with two attached hydrogens (primary N) is 1. The second kappa shape index (κ2) is 22.1. The monoisotopic (exact) mass is 696 g/mol. The molecule has 0 radical (unpaired) electrons. The third kappa shape index (κ3) is 16.5. The summed E-state index contributed by atoms with van der Waals surface area (Å²) < 4.78 is 16.6. The number of unbranched alkanes of at least 4 members (excludes halogenated alkanes) is 1. The van der Waals surface area contributed by atoms with Crippen LogP contribution >= 0.6 is 0 Å². The van der Waals surface area contributed by atoms with Crippen LogP contribution in [0.1, 0.15) is 85.6 Å². The number of carbonyl (C=O) groups excluding carboxylic acids is 3. The van der Waals surface area contributed by atoms with E-state index in [9.17, 15) is 29.6 Å². The SMILES string of the molecule is COCCCOc1cc(CC(CC(NC(=O)CCCCO[N+](=O)[O-])C(O)CC(C(=O)NCC(C)(C)C(N)=O)C(C)C)C(C)C)ccc1OC. The standard InChI is InChI=1S/C35H60N4O10/c1-23(2)26(18-25-13-14-30(47-8)31(19-25)48-16-11-15-46-7)20-28(38-32(41)12-9-10-17-49-39(44)45)29(40)21-27(24(3)4)33(42)37-22-35(5,6)34(36)43/h13-14,19,23-24,26-29,40H,9-12,15-18,20-22H2,1-8H3,(H2,36,43)(H,37,42)(H,38,41). The van der Waals surface area contributed by atoms with Crippen molar-refractivity contribution >= 4 is 17.7 Å². The van der Waals surface area contributed by atoms with E-state index in [-0.39, 0.29) is 55.6 Å². The van der Waals surface area contributed by atoms with Gasteiger partial charge in [0.05, 0.1) is 37.9 Å². The minimum Gasteiger partial charge on any atom is -0.493 e. The average molecular weight is 697 g/mol. The maximum absolute atomic E-state index is 13.3. The summed E-state index contributed by atoms with van der Waals surface area (Å²) in [5.41, 5.74) is 5.54. The van der Waals surface area contributed by atoms with Gasteiger partial charge in [0.25, 0.3) is 5.09 Å². The number of methoxy groups -OCH3 is 2. The molecular formula is C35H60N4O10. The zero-order valence-electron chi connectivity index (χ0n) is 30.6. The quantitative estimate of drug-likeness (QED) is 0.0627. The van der Waals surface area contributed by atoms with Crippen LogP contribution in [0.4, 0.5) is 0 Å². The largest absolute Gasteiger partial charge is 0.493 e. The molecule has 0 aliphatic rings. The van der Waals surface area contributed by atoms with Gasteiger partial charge in [0.2, 0.25) is 17.7 Å². The summed E-state index contributed by atoms with van der Waals surface area (Å²) in [6.45, 7) is 12.2. The summed E-state index contributed by atoms with van der Waals surface area (Å²) in [4.78, 5) is 53.0. The van der Waals surface area contributed by atoms with Crippen molar-refractivity contribution in [2.45, 2.75) is 98.6 Å². The molecule has 0 aliphatic carbocycles. The highest BCUT2D eigenvalue weighted by Crippen LogP contribution is 2.32. The maximum Gasteiger partial charge on any atom is 0.294 e. The molecule has 0 saturated carbocycles. The predicted octanol–water partition coefficient (Wildman–Crippen LogP) is 3.83. The molecule has 0 fully saturated rings. The highest BCUT2D eigenvalue weighted by Gasteiger charge is 2.33. The van der Waals surface area contributed by atoms with E-state index in [1.54, 1.807) is 28.1 Å². The minimum atomic E-state index is -1.07. The molecule has 4 atom stereocenters. The molecule has 0 aliphatic heterocycles. The fraction of sp³-hybridized carbons (Fsp3) is 0.743. The van der Waals surface area contributed by atoms with E-state index in [0.29, 0.717) is 50.4 Å². The predicted molar refractivity (Wildman–Crippen MR) is 185 cm³/mol. The van der Waals surface area contributed by atoms with E-state index in [4.69, 9.17) is 19.9 Å². The second-order valence-corrected chi connectivity index (χ2v) is 13.9. The maximum atomic E-state index is 13.3. The molecule has 5 N–H and O–H groups in total. The molecule has 0 spiro atoms. The van der Waals surface area contributed by atoms with E-state index in [2.05, 4.69) is 29.3 Å². The van der Waals surface area contributed by atoms with Crippen molar-refractivity contribution < 1.29 is 43.6 Å². The van der Waals surface area contributed by atoms with Gasteiger partial charge in [0.1, 0.15) is 0 Å². The third-order valence-corrected chi connectivity index (χ3v) is 8.79.